The highest BCUT2D eigenvalue weighted by Gasteiger charge is 2.11. The second-order valence-corrected chi connectivity index (χ2v) is 7.47. The number of fused-ring (bicyclic) bond motifs is 1. The smallest absolute Gasteiger partial charge is 0.264 e. The predicted molar refractivity (Wildman–Crippen MR) is 116 cm³/mol. The number of rotatable bonds is 6. The Balaban J connectivity index is 1.45. The number of aromatic nitrogens is 4. The van der Waals surface area contributed by atoms with Crippen LogP contribution in [0.3, 0.4) is 0 Å². The zero-order chi connectivity index (χ0) is 21.1. The van der Waals surface area contributed by atoms with Crippen LogP contribution in [0.5, 0.6) is 0 Å². The lowest BCUT2D eigenvalue weighted by Gasteiger charge is -2.08. The van der Waals surface area contributed by atoms with Crippen molar-refractivity contribution in [3.8, 4) is 0 Å². The summed E-state index contributed by atoms with van der Waals surface area (Å²) in [4.78, 5) is 29.4. The van der Waals surface area contributed by atoms with Gasteiger partial charge in [-0.1, -0.05) is 41.4 Å². The van der Waals surface area contributed by atoms with E-state index in [-0.39, 0.29) is 11.5 Å². The number of aryl methyl sites for hydroxylation is 1. The predicted octanol–water partition coefficient (Wildman–Crippen LogP) is 3.03. The molecule has 2 heterocycles. The van der Waals surface area contributed by atoms with Crippen molar-refractivity contribution in [3.05, 3.63) is 93.1 Å². The van der Waals surface area contributed by atoms with Gasteiger partial charge in [-0.3, -0.25) is 14.2 Å². The molecule has 1 N–H and O–H groups in total. The van der Waals surface area contributed by atoms with Gasteiger partial charge in [-0.25, -0.2) is 9.67 Å². The molecule has 0 aliphatic rings. The standard InChI is InChI=1S/C22H20ClN5O2/c1-15-2-4-16(5-3-15)13-27-14-25-20-19(22(27)30)12-26-28(20)11-10-24-21(29)17-6-8-18(23)9-7-17/h2-9,12,14H,10-11,13H2,1H3,(H,24,29). The third kappa shape index (κ3) is 4.26. The first kappa shape index (κ1) is 19.8. The van der Waals surface area contributed by atoms with Crippen LogP contribution < -0.4 is 10.9 Å². The number of benzene rings is 2. The molecular formula is C22H20ClN5O2. The maximum Gasteiger partial charge on any atom is 0.264 e. The van der Waals surface area contributed by atoms with Crippen LogP contribution in [0.4, 0.5) is 0 Å². The molecule has 30 heavy (non-hydrogen) atoms. The van der Waals surface area contributed by atoms with E-state index in [1.165, 1.54) is 18.1 Å². The van der Waals surface area contributed by atoms with Crippen LogP contribution in [0.1, 0.15) is 21.5 Å². The van der Waals surface area contributed by atoms with E-state index in [1.54, 1.807) is 33.5 Å². The van der Waals surface area contributed by atoms with Gasteiger partial charge in [0.25, 0.3) is 11.5 Å². The summed E-state index contributed by atoms with van der Waals surface area (Å²) in [6.07, 6.45) is 3.06. The Kier molecular flexibility index (Phi) is 5.63. The van der Waals surface area contributed by atoms with Gasteiger partial charge >= 0.3 is 0 Å². The Labute approximate surface area is 177 Å². The van der Waals surface area contributed by atoms with Crippen molar-refractivity contribution in [1.29, 1.82) is 0 Å². The zero-order valence-electron chi connectivity index (χ0n) is 16.4. The Morgan fingerprint density at radius 3 is 2.57 bits per heavy atom. The molecule has 2 aromatic heterocycles. The minimum atomic E-state index is -0.198. The van der Waals surface area contributed by atoms with Crippen LogP contribution in [0.15, 0.2) is 65.8 Å². The molecule has 4 aromatic rings. The van der Waals surface area contributed by atoms with Crippen LogP contribution in [-0.4, -0.2) is 31.8 Å². The van der Waals surface area contributed by atoms with Crippen LogP contribution in [0.2, 0.25) is 5.02 Å². The summed E-state index contributed by atoms with van der Waals surface area (Å²) in [7, 11) is 0. The molecule has 0 saturated heterocycles. The van der Waals surface area contributed by atoms with E-state index in [4.69, 9.17) is 11.6 Å². The fourth-order valence-electron chi connectivity index (χ4n) is 3.14. The van der Waals surface area contributed by atoms with Crippen LogP contribution in [0, 0.1) is 6.92 Å². The average Bonchev–Trinajstić information content (AvgIpc) is 3.16. The minimum absolute atomic E-state index is 0.142. The minimum Gasteiger partial charge on any atom is -0.350 e. The average molecular weight is 422 g/mol. The topological polar surface area (TPSA) is 81.8 Å². The first-order valence-corrected chi connectivity index (χ1v) is 9.89. The molecule has 0 spiro atoms. The molecule has 8 heteroatoms. The molecule has 0 aliphatic heterocycles. The van der Waals surface area contributed by atoms with Crippen LogP contribution in [0.25, 0.3) is 11.0 Å². The van der Waals surface area contributed by atoms with Crippen LogP contribution in [-0.2, 0) is 13.1 Å². The normalized spacial score (nSPS) is 11.0. The molecule has 4 rings (SSSR count). The van der Waals surface area contributed by atoms with Gasteiger partial charge in [0, 0.05) is 17.1 Å². The van der Waals surface area contributed by atoms with Gasteiger partial charge < -0.3 is 5.32 Å². The molecule has 2 aromatic carbocycles. The monoisotopic (exact) mass is 421 g/mol. The molecule has 0 fully saturated rings. The Bertz CT molecular complexity index is 1240. The second kappa shape index (κ2) is 8.51. The van der Waals surface area contributed by atoms with E-state index < -0.39 is 0 Å². The van der Waals surface area contributed by atoms with Gasteiger partial charge in [0.15, 0.2) is 5.65 Å². The quantitative estimate of drug-likeness (QED) is 0.518. The highest BCUT2D eigenvalue weighted by Crippen LogP contribution is 2.10. The first-order valence-electron chi connectivity index (χ1n) is 9.51. The van der Waals surface area contributed by atoms with Crippen molar-refractivity contribution in [2.24, 2.45) is 0 Å². The maximum atomic E-state index is 12.8. The van der Waals surface area contributed by atoms with Crippen molar-refractivity contribution >= 4 is 28.5 Å². The number of hydrogen-bond donors (Lipinski definition) is 1. The molecule has 152 valence electrons. The van der Waals surface area contributed by atoms with E-state index in [0.29, 0.717) is 41.3 Å². The van der Waals surface area contributed by atoms with E-state index >= 15 is 0 Å². The summed E-state index contributed by atoms with van der Waals surface area (Å²) < 4.78 is 3.19. The van der Waals surface area contributed by atoms with Crippen molar-refractivity contribution in [3.63, 3.8) is 0 Å². The number of nitrogens with one attached hydrogen (secondary N) is 1. The molecule has 7 nitrogen and oxygen atoms in total. The van der Waals surface area contributed by atoms with Crippen molar-refractivity contribution in [1.82, 2.24) is 24.6 Å². The Morgan fingerprint density at radius 1 is 1.10 bits per heavy atom. The lowest BCUT2D eigenvalue weighted by atomic mass is 10.1. The van der Waals surface area contributed by atoms with Gasteiger partial charge in [-0.2, -0.15) is 5.10 Å². The largest absolute Gasteiger partial charge is 0.350 e. The van der Waals surface area contributed by atoms with Gasteiger partial charge in [0.1, 0.15) is 11.7 Å². The highest BCUT2D eigenvalue weighted by molar-refractivity contribution is 6.30. The summed E-state index contributed by atoms with van der Waals surface area (Å²) >= 11 is 5.84. The fourth-order valence-corrected chi connectivity index (χ4v) is 3.27. The summed E-state index contributed by atoms with van der Waals surface area (Å²) in [5, 5.41) is 8.13. The third-order valence-corrected chi connectivity index (χ3v) is 5.06. The lowest BCUT2D eigenvalue weighted by molar-refractivity contribution is 0.0952. The molecule has 0 atom stereocenters. The van der Waals surface area contributed by atoms with Gasteiger partial charge in [0.05, 0.1) is 19.3 Å². The number of halogens is 1. The van der Waals surface area contributed by atoms with Gasteiger partial charge in [-0.05, 0) is 36.8 Å². The fraction of sp³-hybridized carbons (Fsp3) is 0.182. The number of nitrogens with zero attached hydrogens (tertiary/aromatic N) is 4. The lowest BCUT2D eigenvalue weighted by Crippen LogP contribution is -2.27. The number of amides is 1. The van der Waals surface area contributed by atoms with Gasteiger partial charge in [-0.15, -0.1) is 0 Å². The Hall–Kier alpha value is -3.45. The number of hydrogen-bond acceptors (Lipinski definition) is 4. The molecule has 0 aliphatic carbocycles. The molecular weight excluding hydrogens is 402 g/mol. The molecule has 0 saturated carbocycles. The number of carbonyl (C=O) groups is 1. The highest BCUT2D eigenvalue weighted by atomic mass is 35.5. The van der Waals surface area contributed by atoms with Crippen LogP contribution >= 0.6 is 11.6 Å². The number of carbonyl (C=O) groups excluding carboxylic acids is 1. The maximum absolute atomic E-state index is 12.8. The zero-order valence-corrected chi connectivity index (χ0v) is 17.1. The van der Waals surface area contributed by atoms with E-state index in [9.17, 15) is 9.59 Å². The summed E-state index contributed by atoms with van der Waals surface area (Å²) in [5.74, 6) is -0.198. The third-order valence-electron chi connectivity index (χ3n) is 4.81. The van der Waals surface area contributed by atoms with Gasteiger partial charge in [0.2, 0.25) is 0 Å². The van der Waals surface area contributed by atoms with E-state index in [1.807, 2.05) is 31.2 Å². The SMILES string of the molecule is Cc1ccc(Cn2cnc3c(cnn3CCNC(=O)c3ccc(Cl)cc3)c2=O)cc1. The summed E-state index contributed by atoms with van der Waals surface area (Å²) in [6.45, 7) is 3.23. The van der Waals surface area contributed by atoms with Crippen molar-refractivity contribution < 1.29 is 4.79 Å². The molecule has 0 unspecified atom stereocenters. The van der Waals surface area contributed by atoms with Crippen molar-refractivity contribution in [2.45, 2.75) is 20.0 Å². The second-order valence-electron chi connectivity index (χ2n) is 7.03. The summed E-state index contributed by atoms with van der Waals surface area (Å²) in [5.41, 5.74) is 3.09. The Morgan fingerprint density at radius 2 is 1.83 bits per heavy atom. The van der Waals surface area contributed by atoms with E-state index in [2.05, 4.69) is 15.4 Å². The molecule has 0 radical (unpaired) electrons. The summed E-state index contributed by atoms with van der Waals surface area (Å²) in [6, 6.07) is 14.7. The molecule has 1 amide bonds. The van der Waals surface area contributed by atoms with E-state index in [0.717, 1.165) is 5.56 Å². The first-order chi connectivity index (χ1) is 14.5. The molecule has 0 bridgehead atoms. The van der Waals surface area contributed by atoms with Crippen molar-refractivity contribution in [2.75, 3.05) is 6.54 Å².